The number of piperidine rings is 1. The highest BCUT2D eigenvalue weighted by Gasteiger charge is 2.64. The number of likely N-dealkylation sites (tertiary alicyclic amines) is 1. The Morgan fingerprint density at radius 1 is 1.35 bits per heavy atom. The van der Waals surface area contributed by atoms with Crippen LogP contribution in [-0.2, 0) is 20.8 Å². The molecule has 0 radical (unpaired) electrons. The average Bonchev–Trinajstić information content (AvgIpc) is 2.77. The molecule has 1 aliphatic heterocycles. The maximum absolute atomic E-state index is 13.0. The molecule has 2 heterocycles. The van der Waals surface area contributed by atoms with Crippen LogP contribution in [-0.4, -0.2) is 40.2 Å². The minimum Gasteiger partial charge on any atom is -0.352 e. The maximum atomic E-state index is 13.0. The predicted molar refractivity (Wildman–Crippen MR) is 96.9 cm³/mol. The smallest absolute Gasteiger partial charge is 0.240 e. The number of carbonyl (C=O) groups is 3. The molecule has 0 aromatic carbocycles. The van der Waals surface area contributed by atoms with Crippen LogP contribution < -0.4 is 5.32 Å². The van der Waals surface area contributed by atoms with E-state index in [9.17, 15) is 14.4 Å². The van der Waals surface area contributed by atoms with Gasteiger partial charge in [0, 0.05) is 30.3 Å². The van der Waals surface area contributed by atoms with E-state index in [4.69, 9.17) is 0 Å². The van der Waals surface area contributed by atoms with Gasteiger partial charge < -0.3 is 5.32 Å². The van der Waals surface area contributed by atoms with Gasteiger partial charge in [-0.15, -0.1) is 0 Å². The lowest BCUT2D eigenvalue weighted by Crippen LogP contribution is -2.60. The van der Waals surface area contributed by atoms with E-state index in [0.29, 0.717) is 19.3 Å². The number of hydrogen-bond donors (Lipinski definition) is 1. The van der Waals surface area contributed by atoms with Crippen LogP contribution in [0.5, 0.6) is 0 Å². The van der Waals surface area contributed by atoms with Gasteiger partial charge in [0.25, 0.3) is 0 Å². The summed E-state index contributed by atoms with van der Waals surface area (Å²) in [7, 11) is 0. The summed E-state index contributed by atoms with van der Waals surface area (Å²) in [6, 6.07) is 5.52. The third-order valence-electron chi connectivity index (χ3n) is 6.46. The van der Waals surface area contributed by atoms with Crippen LogP contribution in [0.2, 0.25) is 0 Å². The van der Waals surface area contributed by atoms with E-state index in [0.717, 1.165) is 5.69 Å². The number of carbonyl (C=O) groups excluding carboxylic acids is 3. The first kappa shape index (κ1) is 18.5. The van der Waals surface area contributed by atoms with E-state index < -0.39 is 5.41 Å². The summed E-state index contributed by atoms with van der Waals surface area (Å²) in [6.45, 7) is 7.60. The van der Waals surface area contributed by atoms with Crippen LogP contribution >= 0.6 is 0 Å². The topological polar surface area (TPSA) is 79.4 Å². The molecule has 6 nitrogen and oxygen atoms in total. The number of imide groups is 1. The molecule has 3 rings (SSSR count). The minimum atomic E-state index is -0.578. The van der Waals surface area contributed by atoms with Gasteiger partial charge in [-0.05, 0) is 37.3 Å². The lowest BCUT2D eigenvalue weighted by molar-refractivity contribution is -0.169. The highest BCUT2D eigenvalue weighted by Crippen LogP contribution is 2.59. The molecule has 1 N–H and O–H groups in total. The average molecular weight is 357 g/mol. The van der Waals surface area contributed by atoms with Crippen LogP contribution in [0.3, 0.4) is 0 Å². The lowest BCUT2D eigenvalue weighted by Gasteiger charge is -2.47. The first-order valence-corrected chi connectivity index (χ1v) is 9.22. The molecule has 1 saturated heterocycles. The fourth-order valence-electron chi connectivity index (χ4n) is 4.40. The van der Waals surface area contributed by atoms with E-state index in [2.05, 4.69) is 10.3 Å². The number of pyridine rings is 1. The Hall–Kier alpha value is -2.24. The molecular weight excluding hydrogens is 330 g/mol. The Kier molecular flexibility index (Phi) is 4.63. The molecule has 1 aromatic rings. The minimum absolute atomic E-state index is 0.129. The summed E-state index contributed by atoms with van der Waals surface area (Å²) in [6.07, 6.45) is 3.72. The Morgan fingerprint density at radius 3 is 2.73 bits per heavy atom. The van der Waals surface area contributed by atoms with Crippen molar-refractivity contribution in [3.8, 4) is 0 Å². The molecule has 1 aromatic heterocycles. The van der Waals surface area contributed by atoms with Crippen molar-refractivity contribution in [2.24, 2.45) is 16.7 Å². The Bertz CT molecular complexity index is 731. The molecule has 2 aliphatic rings. The van der Waals surface area contributed by atoms with Crippen molar-refractivity contribution in [3.63, 3.8) is 0 Å². The number of hydrogen-bond acceptors (Lipinski definition) is 4. The normalized spacial score (nSPS) is 28.2. The van der Waals surface area contributed by atoms with E-state index in [1.54, 1.807) is 6.20 Å². The molecule has 2 fully saturated rings. The second kappa shape index (κ2) is 6.49. The molecule has 3 amide bonds. The SMILES string of the molecule is CC(Cc1ccccn1)NC(=O)CN1C(=O)C2CCC(C)(C1=O)C2(C)C. The van der Waals surface area contributed by atoms with Crippen LogP contribution in [0.25, 0.3) is 0 Å². The quantitative estimate of drug-likeness (QED) is 0.817. The number of aromatic nitrogens is 1. The van der Waals surface area contributed by atoms with Crippen molar-refractivity contribution in [1.29, 1.82) is 0 Å². The predicted octanol–water partition coefficient (Wildman–Crippen LogP) is 1.94. The third-order valence-corrected chi connectivity index (χ3v) is 6.46. The van der Waals surface area contributed by atoms with Gasteiger partial charge in [0.15, 0.2) is 0 Å². The van der Waals surface area contributed by atoms with Crippen LogP contribution in [0.15, 0.2) is 24.4 Å². The fourth-order valence-corrected chi connectivity index (χ4v) is 4.40. The molecule has 26 heavy (non-hydrogen) atoms. The van der Waals surface area contributed by atoms with Gasteiger partial charge in [0.1, 0.15) is 6.54 Å². The Labute approximate surface area is 154 Å². The summed E-state index contributed by atoms with van der Waals surface area (Å²) < 4.78 is 0. The van der Waals surface area contributed by atoms with E-state index in [1.807, 2.05) is 45.9 Å². The van der Waals surface area contributed by atoms with E-state index in [-0.39, 0.29) is 41.6 Å². The summed E-state index contributed by atoms with van der Waals surface area (Å²) in [5, 5.41) is 2.88. The van der Waals surface area contributed by atoms with Gasteiger partial charge >= 0.3 is 0 Å². The summed E-state index contributed by atoms with van der Waals surface area (Å²) in [5.74, 6) is -0.918. The highest BCUT2D eigenvalue weighted by molar-refractivity contribution is 6.06. The van der Waals surface area contributed by atoms with Crippen molar-refractivity contribution in [2.75, 3.05) is 6.54 Å². The van der Waals surface area contributed by atoms with Gasteiger partial charge in [-0.2, -0.15) is 0 Å². The molecule has 3 atom stereocenters. The first-order chi connectivity index (χ1) is 12.2. The molecule has 1 aliphatic carbocycles. The van der Waals surface area contributed by atoms with Gasteiger partial charge in [-0.25, -0.2) is 0 Å². The highest BCUT2D eigenvalue weighted by atomic mass is 16.2. The number of rotatable bonds is 5. The van der Waals surface area contributed by atoms with Gasteiger partial charge in [0.2, 0.25) is 17.7 Å². The summed E-state index contributed by atoms with van der Waals surface area (Å²) >= 11 is 0. The van der Waals surface area contributed by atoms with Crippen LogP contribution in [0.4, 0.5) is 0 Å². The number of amides is 3. The Morgan fingerprint density at radius 2 is 2.08 bits per heavy atom. The molecular formula is C20H27N3O3. The van der Waals surface area contributed by atoms with Crippen LogP contribution in [0.1, 0.15) is 46.2 Å². The number of nitrogens with zero attached hydrogens (tertiary/aromatic N) is 2. The number of nitrogens with one attached hydrogen (secondary N) is 1. The fraction of sp³-hybridized carbons (Fsp3) is 0.600. The monoisotopic (exact) mass is 357 g/mol. The molecule has 140 valence electrons. The van der Waals surface area contributed by atoms with Gasteiger partial charge in [0.05, 0.1) is 5.41 Å². The zero-order valence-electron chi connectivity index (χ0n) is 15.9. The van der Waals surface area contributed by atoms with E-state index >= 15 is 0 Å². The van der Waals surface area contributed by atoms with E-state index in [1.165, 1.54) is 4.90 Å². The third kappa shape index (κ3) is 2.91. The van der Waals surface area contributed by atoms with Crippen LogP contribution in [0, 0.1) is 16.7 Å². The maximum Gasteiger partial charge on any atom is 0.240 e. The second-order valence-corrected chi connectivity index (χ2v) is 8.37. The lowest BCUT2D eigenvalue weighted by atomic mass is 9.62. The van der Waals surface area contributed by atoms with Crippen molar-refractivity contribution in [3.05, 3.63) is 30.1 Å². The van der Waals surface area contributed by atoms with Gasteiger partial charge in [-0.3, -0.25) is 24.3 Å². The van der Waals surface area contributed by atoms with Crippen molar-refractivity contribution >= 4 is 17.7 Å². The molecule has 0 spiro atoms. The summed E-state index contributed by atoms with van der Waals surface area (Å²) in [5.41, 5.74) is -0.0519. The van der Waals surface area contributed by atoms with Crippen molar-refractivity contribution < 1.29 is 14.4 Å². The summed E-state index contributed by atoms with van der Waals surface area (Å²) in [4.78, 5) is 43.6. The van der Waals surface area contributed by atoms with Crippen molar-refractivity contribution in [1.82, 2.24) is 15.2 Å². The van der Waals surface area contributed by atoms with Crippen molar-refractivity contribution in [2.45, 2.75) is 53.0 Å². The number of fused-ring (bicyclic) bond motifs is 2. The molecule has 2 bridgehead atoms. The standard InChI is InChI=1S/C20H27N3O3/c1-13(11-14-7-5-6-10-21-14)22-16(24)12-23-17(25)15-8-9-20(4,18(23)26)19(15,2)3/h5-7,10,13,15H,8-9,11-12H2,1-4H3,(H,22,24). The second-order valence-electron chi connectivity index (χ2n) is 8.37. The Balaban J connectivity index is 1.64. The first-order valence-electron chi connectivity index (χ1n) is 9.22. The molecule has 1 saturated carbocycles. The molecule has 3 unspecified atom stereocenters. The zero-order chi connectivity index (χ0) is 19.1. The zero-order valence-corrected chi connectivity index (χ0v) is 15.9. The van der Waals surface area contributed by atoms with Gasteiger partial charge in [-0.1, -0.05) is 26.8 Å². The molecule has 6 heteroatoms. The largest absolute Gasteiger partial charge is 0.352 e.